The minimum Gasteiger partial charge on any atom is -0.344 e. The summed E-state index contributed by atoms with van der Waals surface area (Å²) >= 11 is 0. The van der Waals surface area contributed by atoms with E-state index in [0.29, 0.717) is 6.04 Å². The lowest BCUT2D eigenvalue weighted by Gasteiger charge is -2.17. The highest BCUT2D eigenvalue weighted by atomic mass is 15.0. The Labute approximate surface area is 107 Å². The van der Waals surface area contributed by atoms with Crippen molar-refractivity contribution in [3.05, 3.63) is 36.0 Å². The molecular weight excluding hydrogens is 222 g/mol. The van der Waals surface area contributed by atoms with Crippen LogP contribution in [0.1, 0.15) is 30.9 Å². The predicted octanol–water partition coefficient (Wildman–Crippen LogP) is 2.83. The van der Waals surface area contributed by atoms with Gasteiger partial charge in [-0.25, -0.2) is 0 Å². The fourth-order valence-electron chi connectivity index (χ4n) is 2.82. The van der Waals surface area contributed by atoms with Gasteiger partial charge in [0.25, 0.3) is 0 Å². The highest BCUT2D eigenvalue weighted by Crippen LogP contribution is 2.26. The summed E-state index contributed by atoms with van der Waals surface area (Å²) < 4.78 is 2.35. The molecule has 1 fully saturated rings. The van der Waals surface area contributed by atoms with E-state index < -0.39 is 0 Å². The molecule has 1 aliphatic heterocycles. The molecule has 3 nitrogen and oxygen atoms in total. The number of hydrogen-bond donors (Lipinski definition) is 1. The van der Waals surface area contributed by atoms with Crippen molar-refractivity contribution in [2.24, 2.45) is 0 Å². The topological polar surface area (TPSA) is 40.8 Å². The maximum Gasteiger partial charge on any atom is 0.0992 e. The van der Waals surface area contributed by atoms with E-state index in [1.54, 1.807) is 0 Å². The van der Waals surface area contributed by atoms with Crippen LogP contribution in [0.5, 0.6) is 0 Å². The maximum absolute atomic E-state index is 9.01. The van der Waals surface area contributed by atoms with E-state index in [1.165, 1.54) is 30.2 Å². The molecule has 2 heterocycles. The van der Waals surface area contributed by atoms with Crippen molar-refractivity contribution in [2.75, 3.05) is 13.1 Å². The number of benzene rings is 1. The van der Waals surface area contributed by atoms with Crippen molar-refractivity contribution in [1.29, 1.82) is 5.26 Å². The first-order valence-corrected chi connectivity index (χ1v) is 6.60. The van der Waals surface area contributed by atoms with Crippen LogP contribution in [-0.4, -0.2) is 17.7 Å². The summed E-state index contributed by atoms with van der Waals surface area (Å²) in [7, 11) is 0. The monoisotopic (exact) mass is 239 g/mol. The SMILES string of the molecule is N#Cc1ccc2ccn(C3CCCNCC3)c2c1. The third-order valence-electron chi connectivity index (χ3n) is 3.79. The van der Waals surface area contributed by atoms with Crippen LogP contribution >= 0.6 is 0 Å². The Kier molecular flexibility index (Phi) is 3.04. The van der Waals surface area contributed by atoms with Crippen molar-refractivity contribution in [3.63, 3.8) is 0 Å². The lowest BCUT2D eigenvalue weighted by Crippen LogP contribution is -2.15. The van der Waals surface area contributed by atoms with Crippen LogP contribution < -0.4 is 5.32 Å². The average Bonchev–Trinajstić information content (AvgIpc) is 2.64. The van der Waals surface area contributed by atoms with E-state index >= 15 is 0 Å². The number of fused-ring (bicyclic) bond motifs is 1. The van der Waals surface area contributed by atoms with Gasteiger partial charge in [-0.15, -0.1) is 0 Å². The molecule has 0 saturated carbocycles. The van der Waals surface area contributed by atoms with E-state index in [4.69, 9.17) is 5.26 Å². The van der Waals surface area contributed by atoms with Gasteiger partial charge in [-0.1, -0.05) is 6.07 Å². The van der Waals surface area contributed by atoms with Crippen molar-refractivity contribution >= 4 is 10.9 Å². The van der Waals surface area contributed by atoms with Crippen molar-refractivity contribution in [1.82, 2.24) is 9.88 Å². The first-order chi connectivity index (χ1) is 8.88. The van der Waals surface area contributed by atoms with Gasteiger partial charge in [-0.05, 0) is 55.9 Å². The molecule has 1 saturated heterocycles. The van der Waals surface area contributed by atoms with Crippen LogP contribution in [0.3, 0.4) is 0 Å². The van der Waals surface area contributed by atoms with E-state index in [0.717, 1.165) is 18.7 Å². The summed E-state index contributed by atoms with van der Waals surface area (Å²) in [5.74, 6) is 0. The first kappa shape index (κ1) is 11.3. The normalized spacial score (nSPS) is 20.5. The summed E-state index contributed by atoms with van der Waals surface area (Å²) in [6, 6.07) is 10.9. The second-order valence-corrected chi connectivity index (χ2v) is 4.94. The molecule has 1 aromatic heterocycles. The number of aromatic nitrogens is 1. The molecule has 1 N–H and O–H groups in total. The molecule has 1 aliphatic rings. The maximum atomic E-state index is 9.01. The molecule has 3 heteroatoms. The zero-order valence-corrected chi connectivity index (χ0v) is 10.4. The average molecular weight is 239 g/mol. The summed E-state index contributed by atoms with van der Waals surface area (Å²) in [5.41, 5.74) is 1.94. The molecule has 3 rings (SSSR count). The molecule has 0 spiro atoms. The molecule has 1 atom stereocenters. The quantitative estimate of drug-likeness (QED) is 0.831. The van der Waals surface area contributed by atoms with Crippen molar-refractivity contribution < 1.29 is 0 Å². The fraction of sp³-hybridized carbons (Fsp3) is 0.400. The Hall–Kier alpha value is -1.79. The molecular formula is C15H17N3. The van der Waals surface area contributed by atoms with Crippen molar-refractivity contribution in [2.45, 2.75) is 25.3 Å². The fourth-order valence-corrected chi connectivity index (χ4v) is 2.82. The third-order valence-corrected chi connectivity index (χ3v) is 3.79. The van der Waals surface area contributed by atoms with Gasteiger partial charge in [-0.2, -0.15) is 5.26 Å². The summed E-state index contributed by atoms with van der Waals surface area (Å²) in [6.45, 7) is 2.21. The Morgan fingerprint density at radius 2 is 2.17 bits per heavy atom. The summed E-state index contributed by atoms with van der Waals surface area (Å²) in [5, 5.41) is 13.7. The number of rotatable bonds is 1. The van der Waals surface area contributed by atoms with E-state index in [1.807, 2.05) is 18.2 Å². The molecule has 1 aromatic carbocycles. The van der Waals surface area contributed by atoms with Crippen LogP contribution in [0.25, 0.3) is 10.9 Å². The number of nitrogens with one attached hydrogen (secondary N) is 1. The number of nitriles is 1. The van der Waals surface area contributed by atoms with Crippen molar-refractivity contribution in [3.8, 4) is 6.07 Å². The van der Waals surface area contributed by atoms with Crippen LogP contribution in [0.2, 0.25) is 0 Å². The van der Waals surface area contributed by atoms with Gasteiger partial charge in [0, 0.05) is 17.8 Å². The number of nitrogens with zero attached hydrogens (tertiary/aromatic N) is 2. The number of hydrogen-bond acceptors (Lipinski definition) is 2. The van der Waals surface area contributed by atoms with Crippen LogP contribution in [0.4, 0.5) is 0 Å². The highest BCUT2D eigenvalue weighted by Gasteiger charge is 2.15. The molecule has 0 aliphatic carbocycles. The van der Waals surface area contributed by atoms with E-state index in [-0.39, 0.29) is 0 Å². The van der Waals surface area contributed by atoms with E-state index in [2.05, 4.69) is 28.2 Å². The van der Waals surface area contributed by atoms with Gasteiger partial charge in [0.15, 0.2) is 0 Å². The minimum atomic E-state index is 0.562. The summed E-state index contributed by atoms with van der Waals surface area (Å²) in [4.78, 5) is 0. The van der Waals surface area contributed by atoms with Crippen LogP contribution in [0, 0.1) is 11.3 Å². The van der Waals surface area contributed by atoms with Gasteiger partial charge >= 0.3 is 0 Å². The van der Waals surface area contributed by atoms with Gasteiger partial charge in [0.2, 0.25) is 0 Å². The van der Waals surface area contributed by atoms with E-state index in [9.17, 15) is 0 Å². The standard InChI is InChI=1S/C15H17N3/c16-11-12-3-4-13-6-9-18(15(13)10-12)14-2-1-7-17-8-5-14/h3-4,6,9-10,14,17H,1-2,5,7-8H2. The molecule has 0 bridgehead atoms. The molecule has 1 unspecified atom stereocenters. The lowest BCUT2D eigenvalue weighted by atomic mass is 10.1. The molecule has 18 heavy (non-hydrogen) atoms. The van der Waals surface area contributed by atoms with Crippen LogP contribution in [0.15, 0.2) is 30.5 Å². The largest absolute Gasteiger partial charge is 0.344 e. The zero-order valence-electron chi connectivity index (χ0n) is 10.4. The Bertz CT molecular complexity index is 583. The molecule has 2 aromatic rings. The lowest BCUT2D eigenvalue weighted by molar-refractivity contribution is 0.467. The second kappa shape index (κ2) is 4.83. The summed E-state index contributed by atoms with van der Waals surface area (Å²) in [6.07, 6.45) is 5.78. The van der Waals surface area contributed by atoms with Gasteiger partial charge in [0.05, 0.1) is 11.6 Å². The van der Waals surface area contributed by atoms with Gasteiger partial charge < -0.3 is 9.88 Å². The molecule has 0 radical (unpaired) electrons. The van der Waals surface area contributed by atoms with Gasteiger partial charge in [0.1, 0.15) is 0 Å². The third kappa shape index (κ3) is 2.00. The Morgan fingerprint density at radius 3 is 3.06 bits per heavy atom. The second-order valence-electron chi connectivity index (χ2n) is 4.94. The highest BCUT2D eigenvalue weighted by molar-refractivity contribution is 5.81. The van der Waals surface area contributed by atoms with Crippen LogP contribution in [-0.2, 0) is 0 Å². The first-order valence-electron chi connectivity index (χ1n) is 6.60. The smallest absolute Gasteiger partial charge is 0.0992 e. The predicted molar refractivity (Wildman–Crippen MR) is 72.4 cm³/mol. The van der Waals surface area contributed by atoms with Gasteiger partial charge in [-0.3, -0.25) is 0 Å². The Balaban J connectivity index is 2.02. The minimum absolute atomic E-state index is 0.562. The molecule has 0 amide bonds. The Morgan fingerprint density at radius 1 is 1.22 bits per heavy atom. The zero-order chi connectivity index (χ0) is 12.4. The molecule has 92 valence electrons.